The van der Waals surface area contributed by atoms with Gasteiger partial charge < -0.3 is 20.7 Å². The predicted octanol–water partition coefficient (Wildman–Crippen LogP) is 5.31. The summed E-state index contributed by atoms with van der Waals surface area (Å²) < 4.78 is 4.94. The van der Waals surface area contributed by atoms with Crippen molar-refractivity contribution in [3.63, 3.8) is 0 Å². The molecule has 218 valence electrons. The van der Waals surface area contributed by atoms with E-state index in [0.29, 0.717) is 70.9 Å². The highest BCUT2D eigenvalue weighted by molar-refractivity contribution is 5.73. The molecule has 0 radical (unpaired) electrons. The fourth-order valence-electron chi connectivity index (χ4n) is 10.1. The molecule has 4 aliphatic carbocycles. The second-order valence-corrected chi connectivity index (χ2v) is 14.4. The molecule has 6 nitrogen and oxygen atoms in total. The zero-order valence-electron chi connectivity index (χ0n) is 25.4. The van der Waals surface area contributed by atoms with Gasteiger partial charge in [-0.1, -0.05) is 34.6 Å². The van der Waals surface area contributed by atoms with Gasteiger partial charge in [-0.25, -0.2) is 0 Å². The molecule has 0 bridgehead atoms. The lowest BCUT2D eigenvalue weighted by molar-refractivity contribution is -0.142. The predicted molar refractivity (Wildman–Crippen MR) is 154 cm³/mol. The number of hydrogen-bond acceptors (Lipinski definition) is 5. The van der Waals surface area contributed by atoms with Gasteiger partial charge in [0.1, 0.15) is 0 Å². The van der Waals surface area contributed by atoms with Crippen LogP contribution < -0.4 is 16.0 Å². The van der Waals surface area contributed by atoms with E-state index in [1.807, 2.05) is 0 Å². The zero-order chi connectivity index (χ0) is 27.7. The van der Waals surface area contributed by atoms with Crippen LogP contribution in [0.4, 0.5) is 0 Å². The SMILES string of the molecule is COC(=O)CC[C@@H](C)[C@H]1CCC2C3C(CC[C@@]21C)[C@@]1(C)CC[C@H](NCCNC(C)C)C[C@@H]1C[C@H]3NC(C)=O. The Morgan fingerprint density at radius 3 is 2.34 bits per heavy atom. The van der Waals surface area contributed by atoms with Crippen molar-refractivity contribution >= 4 is 11.9 Å². The summed E-state index contributed by atoms with van der Waals surface area (Å²) in [6.07, 6.45) is 11.5. The highest BCUT2D eigenvalue weighted by Gasteiger charge is 2.63. The topological polar surface area (TPSA) is 79.5 Å². The van der Waals surface area contributed by atoms with Crippen LogP contribution in [-0.2, 0) is 14.3 Å². The number of fused-ring (bicyclic) bond motifs is 5. The average molecular weight is 532 g/mol. The molecule has 0 aromatic heterocycles. The fourth-order valence-corrected chi connectivity index (χ4v) is 10.1. The number of methoxy groups -OCH3 is 1. The van der Waals surface area contributed by atoms with Crippen LogP contribution in [0.25, 0.3) is 0 Å². The first-order valence-electron chi connectivity index (χ1n) is 15.8. The van der Waals surface area contributed by atoms with Gasteiger partial charge in [-0.05, 0) is 104 Å². The molecule has 0 saturated heterocycles. The van der Waals surface area contributed by atoms with E-state index >= 15 is 0 Å². The van der Waals surface area contributed by atoms with Gasteiger partial charge in [-0.3, -0.25) is 9.59 Å². The first-order valence-corrected chi connectivity index (χ1v) is 15.8. The number of hydrogen-bond donors (Lipinski definition) is 3. The number of carbonyl (C=O) groups is 2. The minimum absolute atomic E-state index is 0.0847. The maximum atomic E-state index is 12.5. The quantitative estimate of drug-likeness (QED) is 0.263. The van der Waals surface area contributed by atoms with Crippen molar-refractivity contribution in [3.05, 3.63) is 0 Å². The second kappa shape index (κ2) is 12.2. The van der Waals surface area contributed by atoms with Crippen molar-refractivity contribution < 1.29 is 14.3 Å². The largest absolute Gasteiger partial charge is 0.469 e. The third kappa shape index (κ3) is 5.96. The molecule has 10 atom stereocenters. The van der Waals surface area contributed by atoms with Crippen LogP contribution in [0.1, 0.15) is 106 Å². The van der Waals surface area contributed by atoms with Crippen molar-refractivity contribution in [2.75, 3.05) is 20.2 Å². The van der Waals surface area contributed by atoms with Gasteiger partial charge in [0.15, 0.2) is 0 Å². The van der Waals surface area contributed by atoms with Gasteiger partial charge in [0.2, 0.25) is 5.91 Å². The molecule has 0 aromatic rings. The average Bonchev–Trinajstić information content (AvgIpc) is 3.22. The molecule has 3 unspecified atom stereocenters. The molecular weight excluding hydrogens is 474 g/mol. The summed E-state index contributed by atoms with van der Waals surface area (Å²) in [7, 11) is 1.49. The third-order valence-electron chi connectivity index (χ3n) is 12.0. The van der Waals surface area contributed by atoms with E-state index in [1.54, 1.807) is 6.92 Å². The van der Waals surface area contributed by atoms with E-state index in [4.69, 9.17) is 4.74 Å². The minimum Gasteiger partial charge on any atom is -0.469 e. The molecular formula is C32H57N3O3. The Kier molecular flexibility index (Phi) is 9.55. The first-order chi connectivity index (χ1) is 18.0. The Hall–Kier alpha value is -1.14. The monoisotopic (exact) mass is 531 g/mol. The summed E-state index contributed by atoms with van der Waals surface area (Å²) in [6, 6.07) is 1.42. The molecule has 4 rings (SSSR count). The lowest BCUT2D eigenvalue weighted by Gasteiger charge is -2.63. The van der Waals surface area contributed by atoms with E-state index in [2.05, 4.69) is 50.6 Å². The number of nitrogens with one attached hydrogen (secondary N) is 3. The lowest BCUT2D eigenvalue weighted by atomic mass is 9.43. The molecule has 38 heavy (non-hydrogen) atoms. The third-order valence-corrected chi connectivity index (χ3v) is 12.0. The maximum absolute atomic E-state index is 12.5. The molecule has 3 N–H and O–H groups in total. The van der Waals surface area contributed by atoms with Gasteiger partial charge in [0.05, 0.1) is 7.11 Å². The van der Waals surface area contributed by atoms with Gasteiger partial charge in [0.25, 0.3) is 0 Å². The summed E-state index contributed by atoms with van der Waals surface area (Å²) in [4.78, 5) is 24.3. The molecule has 0 aliphatic heterocycles. The van der Waals surface area contributed by atoms with Crippen molar-refractivity contribution in [2.24, 2.45) is 46.3 Å². The Morgan fingerprint density at radius 1 is 0.947 bits per heavy atom. The Morgan fingerprint density at radius 2 is 1.66 bits per heavy atom. The first kappa shape index (κ1) is 29.8. The van der Waals surface area contributed by atoms with Gasteiger partial charge in [0, 0.05) is 44.6 Å². The lowest BCUT2D eigenvalue weighted by Crippen LogP contribution is -2.62. The second-order valence-electron chi connectivity index (χ2n) is 14.4. The normalized spacial score (nSPS) is 41.1. The zero-order valence-corrected chi connectivity index (χ0v) is 25.4. The summed E-state index contributed by atoms with van der Waals surface area (Å²) in [5.74, 6) is 3.85. The molecule has 0 heterocycles. The number of esters is 1. The highest BCUT2D eigenvalue weighted by Crippen LogP contribution is 2.68. The van der Waals surface area contributed by atoms with Crippen LogP contribution in [0.15, 0.2) is 0 Å². The van der Waals surface area contributed by atoms with Gasteiger partial charge >= 0.3 is 5.97 Å². The van der Waals surface area contributed by atoms with Crippen molar-refractivity contribution in [1.29, 1.82) is 0 Å². The standard InChI is InChI=1S/C32H57N3O3/c1-20(2)33-16-17-34-24-12-14-31(5)23(18-24)19-28(35-22(4)36)30-26-10-9-25(21(3)8-11-29(37)38-7)32(26,6)15-13-27(30)31/h20-21,23-28,30,33-34H,8-19H2,1-7H3,(H,35,36)/t21-,23-,24+,25-,26?,27?,28-,30?,31+,32-/m1/s1. The summed E-state index contributed by atoms with van der Waals surface area (Å²) in [5.41, 5.74) is 0.683. The van der Waals surface area contributed by atoms with E-state index in [1.165, 1.54) is 52.1 Å². The minimum atomic E-state index is -0.0847. The Bertz CT molecular complexity index is 833. The maximum Gasteiger partial charge on any atom is 0.305 e. The molecule has 4 aliphatic rings. The van der Waals surface area contributed by atoms with Crippen molar-refractivity contribution in [1.82, 2.24) is 16.0 Å². The summed E-state index contributed by atoms with van der Waals surface area (Å²) in [5, 5.41) is 10.9. The van der Waals surface area contributed by atoms with E-state index in [-0.39, 0.29) is 11.9 Å². The van der Waals surface area contributed by atoms with Crippen LogP contribution in [0.3, 0.4) is 0 Å². The van der Waals surface area contributed by atoms with Crippen molar-refractivity contribution in [3.8, 4) is 0 Å². The van der Waals surface area contributed by atoms with Crippen LogP contribution in [0.2, 0.25) is 0 Å². The number of ether oxygens (including phenoxy) is 1. The summed E-state index contributed by atoms with van der Waals surface area (Å²) in [6.45, 7) is 15.7. The molecule has 0 spiro atoms. The van der Waals surface area contributed by atoms with Crippen LogP contribution >= 0.6 is 0 Å². The van der Waals surface area contributed by atoms with Crippen LogP contribution in [0.5, 0.6) is 0 Å². The van der Waals surface area contributed by atoms with Gasteiger partial charge in [-0.15, -0.1) is 0 Å². The van der Waals surface area contributed by atoms with Gasteiger partial charge in [-0.2, -0.15) is 0 Å². The molecule has 4 saturated carbocycles. The van der Waals surface area contributed by atoms with Crippen molar-refractivity contribution in [2.45, 2.75) is 124 Å². The van der Waals surface area contributed by atoms with E-state index in [0.717, 1.165) is 25.9 Å². The highest BCUT2D eigenvalue weighted by atomic mass is 16.5. The number of carbonyl (C=O) groups excluding carboxylic acids is 2. The van der Waals surface area contributed by atoms with E-state index < -0.39 is 0 Å². The smallest absolute Gasteiger partial charge is 0.305 e. The van der Waals surface area contributed by atoms with Crippen LogP contribution in [0, 0.1) is 46.3 Å². The Balaban J connectivity index is 1.49. The number of amides is 1. The Labute approximate surface area is 232 Å². The number of rotatable bonds is 10. The molecule has 0 aromatic carbocycles. The summed E-state index contributed by atoms with van der Waals surface area (Å²) >= 11 is 0. The molecule has 1 amide bonds. The van der Waals surface area contributed by atoms with Crippen LogP contribution in [-0.4, -0.2) is 50.2 Å². The molecule has 6 heteroatoms. The van der Waals surface area contributed by atoms with E-state index in [9.17, 15) is 9.59 Å². The fraction of sp³-hybridized carbons (Fsp3) is 0.938. The molecule has 4 fully saturated rings.